The molecule has 0 aliphatic rings. The van der Waals surface area contributed by atoms with Crippen LogP contribution in [0, 0.1) is 5.82 Å². The topological polar surface area (TPSA) is 25.2 Å². The summed E-state index contributed by atoms with van der Waals surface area (Å²) in [6, 6.07) is 9.81. The maximum atomic E-state index is 13.3. The summed E-state index contributed by atoms with van der Waals surface area (Å²) in [5, 5.41) is 3.66. The molecule has 0 saturated heterocycles. The Morgan fingerprint density at radius 2 is 2.17 bits per heavy atom. The van der Waals surface area contributed by atoms with Gasteiger partial charge in [0.2, 0.25) is 0 Å². The number of halogens is 2. The van der Waals surface area contributed by atoms with E-state index in [4.69, 9.17) is 16.0 Å². The molecule has 1 heterocycles. The van der Waals surface area contributed by atoms with Crippen LogP contribution >= 0.6 is 11.6 Å². The Bertz CT molecular complexity index is 512. The molecule has 1 atom stereocenters. The first-order valence-electron chi connectivity index (χ1n) is 5.94. The normalized spacial score (nSPS) is 12.6. The second kappa shape index (κ2) is 6.03. The van der Waals surface area contributed by atoms with E-state index in [1.807, 2.05) is 6.07 Å². The molecule has 0 aliphatic carbocycles. The van der Waals surface area contributed by atoms with Gasteiger partial charge in [-0.1, -0.05) is 19.1 Å². The maximum Gasteiger partial charge on any atom is 0.193 e. The minimum absolute atomic E-state index is 0.173. The zero-order valence-electron chi connectivity index (χ0n) is 10.1. The summed E-state index contributed by atoms with van der Waals surface area (Å²) in [5.74, 6) is 0.438. The third-order valence-electron chi connectivity index (χ3n) is 2.66. The van der Waals surface area contributed by atoms with Crippen LogP contribution in [-0.2, 0) is 0 Å². The van der Waals surface area contributed by atoms with Gasteiger partial charge in [-0.3, -0.25) is 0 Å². The van der Waals surface area contributed by atoms with Gasteiger partial charge >= 0.3 is 0 Å². The lowest BCUT2D eigenvalue weighted by molar-refractivity contribution is 0.447. The molecule has 0 radical (unpaired) electrons. The summed E-state index contributed by atoms with van der Waals surface area (Å²) in [6.07, 6.45) is 0.986. The third kappa shape index (κ3) is 3.12. The van der Waals surface area contributed by atoms with Crippen molar-refractivity contribution in [3.05, 3.63) is 58.8 Å². The average molecular weight is 268 g/mol. The number of rotatable bonds is 5. The van der Waals surface area contributed by atoms with E-state index >= 15 is 0 Å². The molecule has 2 rings (SSSR count). The minimum atomic E-state index is -0.256. The number of furan rings is 1. The molecule has 0 amide bonds. The Kier molecular flexibility index (Phi) is 4.39. The van der Waals surface area contributed by atoms with Gasteiger partial charge in [0.25, 0.3) is 0 Å². The lowest BCUT2D eigenvalue weighted by Gasteiger charge is -2.16. The number of hydrogen-bond acceptors (Lipinski definition) is 2. The largest absolute Gasteiger partial charge is 0.448 e. The van der Waals surface area contributed by atoms with Crippen LogP contribution in [0.1, 0.15) is 30.7 Å². The second-order valence-corrected chi connectivity index (χ2v) is 4.46. The van der Waals surface area contributed by atoms with Gasteiger partial charge in [-0.2, -0.15) is 0 Å². The fourth-order valence-electron chi connectivity index (χ4n) is 1.84. The molecule has 2 nitrogen and oxygen atoms in total. The van der Waals surface area contributed by atoms with Crippen molar-refractivity contribution in [2.45, 2.75) is 19.4 Å². The van der Waals surface area contributed by atoms with Gasteiger partial charge in [0.05, 0.1) is 6.04 Å². The summed E-state index contributed by atoms with van der Waals surface area (Å²) in [7, 11) is 0. The Balaban J connectivity index is 2.30. The van der Waals surface area contributed by atoms with Crippen LogP contribution in [0.4, 0.5) is 4.39 Å². The van der Waals surface area contributed by atoms with Crippen molar-refractivity contribution in [3.63, 3.8) is 0 Å². The molecule has 0 aliphatic heterocycles. The third-order valence-corrected chi connectivity index (χ3v) is 2.86. The average Bonchev–Trinajstić information content (AvgIpc) is 2.76. The molecule has 0 saturated carbocycles. The van der Waals surface area contributed by atoms with Gasteiger partial charge in [0, 0.05) is 0 Å². The van der Waals surface area contributed by atoms with Crippen LogP contribution in [0.3, 0.4) is 0 Å². The fourth-order valence-corrected chi connectivity index (χ4v) is 1.99. The van der Waals surface area contributed by atoms with E-state index in [-0.39, 0.29) is 11.9 Å². The van der Waals surface area contributed by atoms with Crippen molar-refractivity contribution in [3.8, 4) is 0 Å². The standard InChI is InChI=1S/C14H15ClFNO/c1-2-8-17-14(12-6-7-13(15)18-12)10-4-3-5-11(16)9-10/h3-7,9,14,17H,2,8H2,1H3. The molecule has 0 fully saturated rings. The van der Waals surface area contributed by atoms with Crippen molar-refractivity contribution in [2.75, 3.05) is 6.54 Å². The first-order chi connectivity index (χ1) is 8.70. The molecule has 4 heteroatoms. The minimum Gasteiger partial charge on any atom is -0.448 e. The van der Waals surface area contributed by atoms with E-state index in [0.29, 0.717) is 11.0 Å². The molecule has 2 aromatic rings. The Hall–Kier alpha value is -1.32. The zero-order chi connectivity index (χ0) is 13.0. The summed E-state index contributed by atoms with van der Waals surface area (Å²) in [6.45, 7) is 2.89. The highest BCUT2D eigenvalue weighted by Gasteiger charge is 2.17. The van der Waals surface area contributed by atoms with E-state index in [1.54, 1.807) is 18.2 Å². The highest BCUT2D eigenvalue weighted by molar-refractivity contribution is 6.28. The van der Waals surface area contributed by atoms with Crippen LogP contribution < -0.4 is 5.32 Å². The van der Waals surface area contributed by atoms with Crippen molar-refractivity contribution in [2.24, 2.45) is 0 Å². The Labute approximate surface area is 111 Å². The highest BCUT2D eigenvalue weighted by atomic mass is 35.5. The maximum absolute atomic E-state index is 13.3. The lowest BCUT2D eigenvalue weighted by atomic mass is 10.0. The van der Waals surface area contributed by atoms with Gasteiger partial charge in [0.15, 0.2) is 5.22 Å². The van der Waals surface area contributed by atoms with E-state index in [0.717, 1.165) is 18.5 Å². The summed E-state index contributed by atoms with van der Waals surface area (Å²) in [5.41, 5.74) is 0.828. The van der Waals surface area contributed by atoms with Crippen molar-refractivity contribution in [1.29, 1.82) is 0 Å². The van der Waals surface area contributed by atoms with Crippen LogP contribution in [-0.4, -0.2) is 6.54 Å². The van der Waals surface area contributed by atoms with Gasteiger partial charge < -0.3 is 9.73 Å². The molecule has 0 bridgehead atoms. The van der Waals surface area contributed by atoms with Crippen LogP contribution in [0.2, 0.25) is 5.22 Å². The molecule has 1 N–H and O–H groups in total. The van der Waals surface area contributed by atoms with Crippen molar-refractivity contribution >= 4 is 11.6 Å². The predicted octanol–water partition coefficient (Wildman–Crippen LogP) is 4.16. The SMILES string of the molecule is CCCNC(c1cccc(F)c1)c1ccc(Cl)o1. The smallest absolute Gasteiger partial charge is 0.193 e. The van der Waals surface area contributed by atoms with Gasteiger partial charge in [-0.25, -0.2) is 4.39 Å². The molecule has 18 heavy (non-hydrogen) atoms. The van der Waals surface area contributed by atoms with Crippen molar-refractivity contribution in [1.82, 2.24) is 5.32 Å². The van der Waals surface area contributed by atoms with Crippen LogP contribution in [0.25, 0.3) is 0 Å². The summed E-state index contributed by atoms with van der Waals surface area (Å²) < 4.78 is 18.7. The van der Waals surface area contributed by atoms with Gasteiger partial charge in [-0.15, -0.1) is 0 Å². The molecular formula is C14H15ClFNO. The zero-order valence-corrected chi connectivity index (χ0v) is 10.9. The molecule has 0 spiro atoms. The monoisotopic (exact) mass is 267 g/mol. The number of benzene rings is 1. The molecule has 1 unspecified atom stereocenters. The molecular weight excluding hydrogens is 253 g/mol. The Morgan fingerprint density at radius 1 is 1.33 bits per heavy atom. The van der Waals surface area contributed by atoms with Gasteiger partial charge in [-0.05, 0) is 54.4 Å². The molecule has 1 aromatic heterocycles. The van der Waals surface area contributed by atoms with E-state index in [9.17, 15) is 4.39 Å². The lowest BCUT2D eigenvalue weighted by Crippen LogP contribution is -2.22. The first-order valence-corrected chi connectivity index (χ1v) is 6.32. The predicted molar refractivity (Wildman–Crippen MR) is 70.3 cm³/mol. The summed E-state index contributed by atoms with van der Waals surface area (Å²) in [4.78, 5) is 0. The first kappa shape index (κ1) is 13.1. The molecule has 96 valence electrons. The van der Waals surface area contributed by atoms with Crippen LogP contribution in [0.5, 0.6) is 0 Å². The Morgan fingerprint density at radius 3 is 2.78 bits per heavy atom. The highest BCUT2D eigenvalue weighted by Crippen LogP contribution is 2.26. The van der Waals surface area contributed by atoms with Crippen molar-refractivity contribution < 1.29 is 8.81 Å². The van der Waals surface area contributed by atoms with E-state index < -0.39 is 0 Å². The van der Waals surface area contributed by atoms with E-state index in [1.165, 1.54) is 12.1 Å². The molecule has 1 aromatic carbocycles. The second-order valence-electron chi connectivity index (χ2n) is 4.08. The quantitative estimate of drug-likeness (QED) is 0.880. The van der Waals surface area contributed by atoms with Gasteiger partial charge in [0.1, 0.15) is 11.6 Å². The van der Waals surface area contributed by atoms with E-state index in [2.05, 4.69) is 12.2 Å². The fraction of sp³-hybridized carbons (Fsp3) is 0.286. The number of nitrogens with one attached hydrogen (secondary N) is 1. The summed E-state index contributed by atoms with van der Waals surface area (Å²) >= 11 is 5.79. The number of hydrogen-bond donors (Lipinski definition) is 1. The van der Waals surface area contributed by atoms with Crippen LogP contribution in [0.15, 0.2) is 40.8 Å².